The van der Waals surface area contributed by atoms with Crippen molar-refractivity contribution in [3.05, 3.63) is 54.7 Å². The Hall–Kier alpha value is -2.36. The smallest absolute Gasteiger partial charge is 0.248 e. The second kappa shape index (κ2) is 6.00. The molecule has 0 aliphatic rings. The molecule has 1 heterocycles. The Morgan fingerprint density at radius 1 is 1.16 bits per heavy atom. The molecule has 0 fully saturated rings. The standard InChI is InChI=1S/C15H17N3O/c1-12(17-14-10-6-7-11-16-14)15(19)18(2)13-8-4-3-5-9-13/h3-12H,1-2H3,(H,16,17)/t12-/m1/s1. The van der Waals surface area contributed by atoms with E-state index in [2.05, 4.69) is 10.3 Å². The van der Waals surface area contributed by atoms with Crippen molar-refractivity contribution >= 4 is 17.4 Å². The number of nitrogens with zero attached hydrogens (tertiary/aromatic N) is 2. The quantitative estimate of drug-likeness (QED) is 0.913. The van der Waals surface area contributed by atoms with Gasteiger partial charge in [-0.1, -0.05) is 24.3 Å². The molecule has 1 aromatic heterocycles. The van der Waals surface area contributed by atoms with E-state index in [1.165, 1.54) is 0 Å². The summed E-state index contributed by atoms with van der Waals surface area (Å²) in [4.78, 5) is 18.1. The third-order valence-corrected chi connectivity index (χ3v) is 2.87. The molecule has 0 radical (unpaired) electrons. The molecule has 0 unspecified atom stereocenters. The van der Waals surface area contributed by atoms with Gasteiger partial charge in [0.1, 0.15) is 11.9 Å². The van der Waals surface area contributed by atoms with Crippen molar-refractivity contribution in [3.8, 4) is 0 Å². The van der Waals surface area contributed by atoms with Crippen LogP contribution in [0.4, 0.5) is 11.5 Å². The lowest BCUT2D eigenvalue weighted by atomic mass is 10.2. The first-order valence-corrected chi connectivity index (χ1v) is 6.18. The van der Waals surface area contributed by atoms with Gasteiger partial charge in [0.05, 0.1) is 0 Å². The molecule has 1 atom stereocenters. The number of anilines is 2. The molecule has 98 valence electrons. The summed E-state index contributed by atoms with van der Waals surface area (Å²) in [6, 6.07) is 14.8. The van der Waals surface area contributed by atoms with E-state index in [1.54, 1.807) is 18.1 Å². The molecule has 0 saturated heterocycles. The Balaban J connectivity index is 2.03. The normalized spacial score (nSPS) is 11.7. The van der Waals surface area contributed by atoms with Crippen LogP contribution in [0.2, 0.25) is 0 Å². The highest BCUT2D eigenvalue weighted by molar-refractivity contribution is 5.97. The summed E-state index contributed by atoms with van der Waals surface area (Å²) in [5.41, 5.74) is 0.877. The molecule has 2 aromatic rings. The van der Waals surface area contributed by atoms with Crippen molar-refractivity contribution in [2.75, 3.05) is 17.3 Å². The number of benzene rings is 1. The molecular weight excluding hydrogens is 238 g/mol. The zero-order chi connectivity index (χ0) is 13.7. The maximum atomic E-state index is 12.3. The number of carbonyl (C=O) groups is 1. The van der Waals surface area contributed by atoms with Gasteiger partial charge in [0, 0.05) is 18.9 Å². The number of para-hydroxylation sites is 1. The van der Waals surface area contributed by atoms with Crippen LogP contribution in [0.15, 0.2) is 54.7 Å². The molecule has 1 aromatic carbocycles. The van der Waals surface area contributed by atoms with E-state index >= 15 is 0 Å². The summed E-state index contributed by atoms with van der Waals surface area (Å²) in [5.74, 6) is 0.696. The molecule has 2 rings (SSSR count). The average molecular weight is 255 g/mol. The number of rotatable bonds is 4. The topological polar surface area (TPSA) is 45.2 Å². The monoisotopic (exact) mass is 255 g/mol. The van der Waals surface area contributed by atoms with E-state index in [-0.39, 0.29) is 11.9 Å². The number of aromatic nitrogens is 1. The molecule has 0 spiro atoms. The zero-order valence-corrected chi connectivity index (χ0v) is 11.1. The average Bonchev–Trinajstić information content (AvgIpc) is 2.47. The molecule has 1 amide bonds. The fourth-order valence-electron chi connectivity index (χ4n) is 1.80. The van der Waals surface area contributed by atoms with Crippen LogP contribution in [0.1, 0.15) is 6.92 Å². The predicted octanol–water partition coefficient (Wildman–Crippen LogP) is 2.55. The summed E-state index contributed by atoms with van der Waals surface area (Å²) < 4.78 is 0. The lowest BCUT2D eigenvalue weighted by Crippen LogP contribution is -2.39. The van der Waals surface area contributed by atoms with Gasteiger partial charge in [-0.05, 0) is 31.2 Å². The van der Waals surface area contributed by atoms with E-state index in [1.807, 2.05) is 55.5 Å². The molecule has 0 bridgehead atoms. The number of nitrogens with one attached hydrogen (secondary N) is 1. The summed E-state index contributed by atoms with van der Waals surface area (Å²) in [6.45, 7) is 1.83. The van der Waals surface area contributed by atoms with E-state index < -0.39 is 0 Å². The minimum absolute atomic E-state index is 0.00291. The van der Waals surface area contributed by atoms with E-state index in [4.69, 9.17) is 0 Å². The molecule has 1 N–H and O–H groups in total. The lowest BCUT2D eigenvalue weighted by molar-refractivity contribution is -0.118. The zero-order valence-electron chi connectivity index (χ0n) is 11.1. The van der Waals surface area contributed by atoms with Crippen molar-refractivity contribution in [2.24, 2.45) is 0 Å². The van der Waals surface area contributed by atoms with Gasteiger partial charge in [-0.3, -0.25) is 4.79 Å². The summed E-state index contributed by atoms with van der Waals surface area (Å²) in [5, 5.41) is 3.09. The van der Waals surface area contributed by atoms with Gasteiger partial charge in [0.2, 0.25) is 5.91 Å². The van der Waals surface area contributed by atoms with E-state index in [0.717, 1.165) is 5.69 Å². The molecule has 0 saturated carbocycles. The van der Waals surface area contributed by atoms with Crippen LogP contribution in [-0.4, -0.2) is 24.0 Å². The van der Waals surface area contributed by atoms with E-state index in [0.29, 0.717) is 5.82 Å². The van der Waals surface area contributed by atoms with Gasteiger partial charge in [0.15, 0.2) is 0 Å². The van der Waals surface area contributed by atoms with Gasteiger partial charge >= 0.3 is 0 Å². The third-order valence-electron chi connectivity index (χ3n) is 2.87. The first-order chi connectivity index (χ1) is 9.18. The van der Waals surface area contributed by atoms with Gasteiger partial charge in [-0.15, -0.1) is 0 Å². The van der Waals surface area contributed by atoms with Crippen LogP contribution in [0.3, 0.4) is 0 Å². The summed E-state index contributed by atoms with van der Waals surface area (Å²) in [6.07, 6.45) is 1.69. The maximum Gasteiger partial charge on any atom is 0.248 e. The second-order valence-corrected chi connectivity index (χ2v) is 4.31. The van der Waals surface area contributed by atoms with Crippen LogP contribution in [0.25, 0.3) is 0 Å². The highest BCUT2D eigenvalue weighted by Gasteiger charge is 2.18. The molecule has 0 aliphatic carbocycles. The second-order valence-electron chi connectivity index (χ2n) is 4.31. The largest absolute Gasteiger partial charge is 0.359 e. The number of carbonyl (C=O) groups excluding carboxylic acids is 1. The number of likely N-dealkylation sites (N-methyl/N-ethyl adjacent to an activating group) is 1. The Morgan fingerprint density at radius 2 is 1.84 bits per heavy atom. The minimum atomic E-state index is -0.333. The maximum absolute atomic E-state index is 12.3. The van der Waals surface area contributed by atoms with Crippen LogP contribution in [-0.2, 0) is 4.79 Å². The SMILES string of the molecule is C[C@@H](Nc1ccccn1)C(=O)N(C)c1ccccc1. The molecular formula is C15H17N3O. The number of pyridine rings is 1. The van der Waals surface area contributed by atoms with Crippen molar-refractivity contribution in [2.45, 2.75) is 13.0 Å². The molecule has 4 nitrogen and oxygen atoms in total. The number of amides is 1. The van der Waals surface area contributed by atoms with Gasteiger partial charge in [0.25, 0.3) is 0 Å². The first kappa shape index (κ1) is 13.1. The highest BCUT2D eigenvalue weighted by atomic mass is 16.2. The highest BCUT2D eigenvalue weighted by Crippen LogP contribution is 2.13. The van der Waals surface area contributed by atoms with Crippen molar-refractivity contribution in [1.29, 1.82) is 0 Å². The third kappa shape index (κ3) is 3.31. The van der Waals surface area contributed by atoms with Crippen LogP contribution < -0.4 is 10.2 Å². The minimum Gasteiger partial charge on any atom is -0.359 e. The van der Waals surface area contributed by atoms with Crippen molar-refractivity contribution in [1.82, 2.24) is 4.98 Å². The van der Waals surface area contributed by atoms with Crippen LogP contribution in [0, 0.1) is 0 Å². The first-order valence-electron chi connectivity index (χ1n) is 6.18. The number of hydrogen-bond donors (Lipinski definition) is 1. The summed E-state index contributed by atoms with van der Waals surface area (Å²) in [7, 11) is 1.77. The Morgan fingerprint density at radius 3 is 2.47 bits per heavy atom. The van der Waals surface area contributed by atoms with E-state index in [9.17, 15) is 4.79 Å². The van der Waals surface area contributed by atoms with Crippen molar-refractivity contribution in [3.63, 3.8) is 0 Å². The molecule has 19 heavy (non-hydrogen) atoms. The fraction of sp³-hybridized carbons (Fsp3) is 0.200. The van der Waals surface area contributed by atoms with Gasteiger partial charge in [-0.2, -0.15) is 0 Å². The van der Waals surface area contributed by atoms with Crippen molar-refractivity contribution < 1.29 is 4.79 Å². The van der Waals surface area contributed by atoms with Gasteiger partial charge in [-0.25, -0.2) is 4.98 Å². The fourth-order valence-corrected chi connectivity index (χ4v) is 1.80. The molecule has 0 aliphatic heterocycles. The Bertz CT molecular complexity index is 528. The Kier molecular flexibility index (Phi) is 4.13. The number of hydrogen-bond acceptors (Lipinski definition) is 3. The summed E-state index contributed by atoms with van der Waals surface area (Å²) >= 11 is 0. The Labute approximate surface area is 113 Å². The van der Waals surface area contributed by atoms with Crippen LogP contribution >= 0.6 is 0 Å². The van der Waals surface area contributed by atoms with Crippen LogP contribution in [0.5, 0.6) is 0 Å². The molecule has 4 heteroatoms. The predicted molar refractivity (Wildman–Crippen MR) is 77.2 cm³/mol. The van der Waals surface area contributed by atoms with Gasteiger partial charge < -0.3 is 10.2 Å². The lowest BCUT2D eigenvalue weighted by Gasteiger charge is -2.22.